The molecule has 4 fully saturated rings. The highest BCUT2D eigenvalue weighted by Gasteiger charge is 2.70. The third-order valence-corrected chi connectivity index (χ3v) is 16.5. The Morgan fingerprint density at radius 3 is 2.02 bits per heavy atom. The van der Waals surface area contributed by atoms with E-state index in [0.29, 0.717) is 43.0 Å². The third-order valence-electron chi connectivity index (χ3n) is 12.5. The zero-order chi connectivity index (χ0) is 37.0. The zero-order valence-electron chi connectivity index (χ0n) is 34.4. The fourth-order valence-electron chi connectivity index (χ4n) is 11.0. The standard InChI is InChI=1S/C40H73NO5Si4/c1-38-24-22-32(44-48(6,7)8)26-31(38)20-21-33-34-23-25-40(46-50(12,13)14,39(34,2)27-35(37(33)38)45-49(9,10)11)36(29-43-47(3,4)5)41-42-28-30-18-16-15-17-19-30/h15-19,31-35,37H,20-29H2,1-14H3/b41-36+/t31?,32?,33-,34-,35?,37+,38-,39-,40-/m0/s1. The molecule has 1 aromatic carbocycles. The molecule has 10 heteroatoms. The van der Waals surface area contributed by atoms with Gasteiger partial charge in [-0.3, -0.25) is 0 Å². The topological polar surface area (TPSA) is 58.5 Å². The van der Waals surface area contributed by atoms with Gasteiger partial charge in [-0.05, 0) is 165 Å². The molecular weight excluding hydrogens is 687 g/mol. The van der Waals surface area contributed by atoms with E-state index in [1.165, 1.54) is 32.1 Å². The molecular formula is C40H73NO5Si4. The van der Waals surface area contributed by atoms with Gasteiger partial charge in [0, 0.05) is 17.6 Å². The number of fused-ring (bicyclic) bond motifs is 5. The number of nitrogens with zero attached hydrogens (tertiary/aromatic N) is 1. The second-order valence-electron chi connectivity index (χ2n) is 20.9. The van der Waals surface area contributed by atoms with Crippen LogP contribution in [0.15, 0.2) is 35.5 Å². The summed E-state index contributed by atoms with van der Waals surface area (Å²) in [6.07, 6.45) is 10.0. The molecule has 9 atom stereocenters. The summed E-state index contributed by atoms with van der Waals surface area (Å²) in [5, 5.41) is 5.09. The van der Waals surface area contributed by atoms with Gasteiger partial charge >= 0.3 is 0 Å². The van der Waals surface area contributed by atoms with Crippen molar-refractivity contribution in [3.8, 4) is 0 Å². The molecule has 284 valence electrons. The molecule has 5 rings (SSSR count). The first kappa shape index (κ1) is 40.6. The van der Waals surface area contributed by atoms with Crippen molar-refractivity contribution in [1.82, 2.24) is 0 Å². The summed E-state index contributed by atoms with van der Waals surface area (Å²) in [5.74, 6) is 2.43. The van der Waals surface area contributed by atoms with Crippen LogP contribution in [-0.4, -0.2) is 63.4 Å². The van der Waals surface area contributed by atoms with Crippen molar-refractivity contribution in [3.63, 3.8) is 0 Å². The van der Waals surface area contributed by atoms with Gasteiger partial charge in [-0.25, -0.2) is 0 Å². The first-order valence-electron chi connectivity index (χ1n) is 19.9. The van der Waals surface area contributed by atoms with E-state index < -0.39 is 38.9 Å². The quantitative estimate of drug-likeness (QED) is 0.114. The summed E-state index contributed by atoms with van der Waals surface area (Å²) in [5.41, 5.74) is 1.67. The highest BCUT2D eigenvalue weighted by molar-refractivity contribution is 6.71. The average molecular weight is 760 g/mol. The summed E-state index contributed by atoms with van der Waals surface area (Å²) >= 11 is 0. The predicted octanol–water partition coefficient (Wildman–Crippen LogP) is 11.1. The van der Waals surface area contributed by atoms with E-state index in [0.717, 1.165) is 30.5 Å². The van der Waals surface area contributed by atoms with E-state index in [-0.39, 0.29) is 16.9 Å². The van der Waals surface area contributed by atoms with Crippen LogP contribution >= 0.6 is 0 Å². The first-order valence-corrected chi connectivity index (χ1v) is 33.5. The molecule has 1 aromatic rings. The van der Waals surface area contributed by atoms with Crippen LogP contribution in [0, 0.1) is 34.5 Å². The van der Waals surface area contributed by atoms with Crippen LogP contribution in [-0.2, 0) is 29.1 Å². The molecule has 0 saturated heterocycles. The van der Waals surface area contributed by atoms with Crippen molar-refractivity contribution in [3.05, 3.63) is 35.9 Å². The fourth-order valence-corrected chi connectivity index (χ4v) is 15.4. The van der Waals surface area contributed by atoms with Crippen molar-refractivity contribution in [2.75, 3.05) is 6.61 Å². The van der Waals surface area contributed by atoms with Gasteiger partial charge in [-0.2, -0.15) is 0 Å². The maximum absolute atomic E-state index is 7.65. The number of benzene rings is 1. The van der Waals surface area contributed by atoms with E-state index in [9.17, 15) is 0 Å². The monoisotopic (exact) mass is 759 g/mol. The SMILES string of the molecule is C[C@]12CCC(O[Si](C)(C)C)CC1CC[C@@H]1[C@@H]2C(O[Si](C)(C)C)C[C@@]2(C)[C@H]1CC[C@]2(O[Si](C)(C)C)/C(CO[Si](C)(C)C)=N/OCc1ccccc1. The fraction of sp³-hybridized carbons (Fsp3) is 0.825. The van der Waals surface area contributed by atoms with E-state index in [4.69, 9.17) is 27.7 Å². The average Bonchev–Trinajstić information content (AvgIpc) is 3.24. The Bertz CT molecular complexity index is 1330. The molecule has 4 aliphatic rings. The minimum Gasteiger partial charge on any atom is -0.415 e. The van der Waals surface area contributed by atoms with Crippen LogP contribution in [0.2, 0.25) is 78.6 Å². The zero-order valence-corrected chi connectivity index (χ0v) is 38.4. The van der Waals surface area contributed by atoms with Crippen molar-refractivity contribution >= 4 is 39.0 Å². The van der Waals surface area contributed by atoms with Gasteiger partial charge in [0.1, 0.15) is 17.9 Å². The summed E-state index contributed by atoms with van der Waals surface area (Å²) in [6, 6.07) is 10.4. The molecule has 0 N–H and O–H groups in total. The summed E-state index contributed by atoms with van der Waals surface area (Å²) in [4.78, 5) is 6.29. The molecule has 4 aliphatic carbocycles. The van der Waals surface area contributed by atoms with Gasteiger partial charge in [0.25, 0.3) is 0 Å². The Hall–Kier alpha value is -0.602. The van der Waals surface area contributed by atoms with Crippen LogP contribution in [0.5, 0.6) is 0 Å². The molecule has 50 heavy (non-hydrogen) atoms. The number of hydrogen-bond acceptors (Lipinski definition) is 6. The molecule has 0 aliphatic heterocycles. The Balaban J connectivity index is 1.56. The lowest BCUT2D eigenvalue weighted by Crippen LogP contribution is -2.66. The molecule has 0 spiro atoms. The number of rotatable bonds is 13. The van der Waals surface area contributed by atoms with Crippen LogP contribution in [0.1, 0.15) is 70.8 Å². The van der Waals surface area contributed by atoms with Gasteiger partial charge < -0.3 is 22.5 Å². The van der Waals surface area contributed by atoms with E-state index in [2.05, 4.69) is 117 Å². The summed E-state index contributed by atoms with van der Waals surface area (Å²) in [7, 11) is -7.39. The second kappa shape index (κ2) is 14.6. The number of oxime groups is 1. The van der Waals surface area contributed by atoms with E-state index >= 15 is 0 Å². The first-order chi connectivity index (χ1) is 22.9. The summed E-state index contributed by atoms with van der Waals surface area (Å²) in [6.45, 7) is 34.2. The Morgan fingerprint density at radius 1 is 0.760 bits per heavy atom. The van der Waals surface area contributed by atoms with Gasteiger partial charge in [0.15, 0.2) is 33.3 Å². The minimum absolute atomic E-state index is 0.141. The molecule has 0 aromatic heterocycles. The minimum atomic E-state index is -2.06. The molecule has 4 saturated carbocycles. The van der Waals surface area contributed by atoms with Crippen LogP contribution in [0.4, 0.5) is 0 Å². The van der Waals surface area contributed by atoms with Crippen molar-refractivity contribution in [2.45, 2.75) is 168 Å². The Kier molecular flexibility index (Phi) is 11.8. The summed E-state index contributed by atoms with van der Waals surface area (Å²) < 4.78 is 28.6. The van der Waals surface area contributed by atoms with E-state index in [1.54, 1.807) is 0 Å². The molecule has 6 nitrogen and oxygen atoms in total. The smallest absolute Gasteiger partial charge is 0.185 e. The molecule has 0 heterocycles. The largest absolute Gasteiger partial charge is 0.415 e. The van der Waals surface area contributed by atoms with Crippen molar-refractivity contribution in [1.29, 1.82) is 0 Å². The normalized spacial score (nSPS) is 36.8. The van der Waals surface area contributed by atoms with E-state index in [1.807, 2.05) is 6.07 Å². The highest BCUT2D eigenvalue weighted by Crippen LogP contribution is 2.70. The molecule has 0 bridgehead atoms. The maximum Gasteiger partial charge on any atom is 0.185 e. The second-order valence-corrected chi connectivity index (χ2v) is 38.7. The lowest BCUT2D eigenvalue weighted by Gasteiger charge is -2.65. The van der Waals surface area contributed by atoms with Crippen LogP contribution < -0.4 is 0 Å². The Labute approximate surface area is 310 Å². The predicted molar refractivity (Wildman–Crippen MR) is 219 cm³/mol. The molecule has 0 radical (unpaired) electrons. The lowest BCUT2D eigenvalue weighted by atomic mass is 9.43. The highest BCUT2D eigenvalue weighted by atomic mass is 28.4. The van der Waals surface area contributed by atoms with Crippen molar-refractivity contribution < 1.29 is 22.5 Å². The van der Waals surface area contributed by atoms with Gasteiger partial charge in [0.2, 0.25) is 0 Å². The number of hydrogen-bond donors (Lipinski definition) is 0. The van der Waals surface area contributed by atoms with Crippen LogP contribution in [0.25, 0.3) is 0 Å². The van der Waals surface area contributed by atoms with Gasteiger partial charge in [0.05, 0.1) is 6.61 Å². The Morgan fingerprint density at radius 2 is 1.42 bits per heavy atom. The molecule has 0 amide bonds. The lowest BCUT2D eigenvalue weighted by molar-refractivity contribution is -0.183. The maximum atomic E-state index is 7.65. The van der Waals surface area contributed by atoms with Crippen molar-refractivity contribution in [2.24, 2.45) is 39.7 Å². The molecule has 3 unspecified atom stereocenters. The van der Waals surface area contributed by atoms with Gasteiger partial charge in [-0.1, -0.05) is 49.3 Å². The van der Waals surface area contributed by atoms with Crippen LogP contribution in [0.3, 0.4) is 0 Å². The van der Waals surface area contributed by atoms with Gasteiger partial charge in [-0.15, -0.1) is 0 Å². The third kappa shape index (κ3) is 9.01.